The Morgan fingerprint density at radius 1 is 0.818 bits per heavy atom. The van der Waals surface area contributed by atoms with E-state index < -0.39 is 0 Å². The lowest BCUT2D eigenvalue weighted by molar-refractivity contribution is 0.145. The lowest BCUT2D eigenvalue weighted by atomic mass is 10.0. The van der Waals surface area contributed by atoms with Gasteiger partial charge in [0.2, 0.25) is 0 Å². The van der Waals surface area contributed by atoms with Crippen molar-refractivity contribution < 1.29 is 9.84 Å². The molecule has 1 saturated heterocycles. The number of hydrogen-bond donors (Lipinski definition) is 1. The van der Waals surface area contributed by atoms with Crippen molar-refractivity contribution in [2.45, 2.75) is 18.9 Å². The van der Waals surface area contributed by atoms with E-state index in [1.54, 1.807) is 7.11 Å². The molecule has 2 aromatic heterocycles. The van der Waals surface area contributed by atoms with Gasteiger partial charge in [-0.25, -0.2) is 9.97 Å². The fourth-order valence-corrected chi connectivity index (χ4v) is 4.08. The topological polar surface area (TPSA) is 71.4 Å². The van der Waals surface area contributed by atoms with Crippen molar-refractivity contribution in [3.8, 4) is 39.5 Å². The van der Waals surface area contributed by atoms with Crippen molar-refractivity contribution in [2.24, 2.45) is 0 Å². The molecule has 0 radical (unpaired) electrons. The third-order valence-electron chi connectivity index (χ3n) is 5.99. The van der Waals surface area contributed by atoms with Crippen molar-refractivity contribution in [3.63, 3.8) is 0 Å². The van der Waals surface area contributed by atoms with Gasteiger partial charge in [-0.1, -0.05) is 42.5 Å². The largest absolute Gasteiger partial charge is 0.497 e. The van der Waals surface area contributed by atoms with Crippen molar-refractivity contribution in [3.05, 3.63) is 79.1 Å². The van der Waals surface area contributed by atoms with Crippen molar-refractivity contribution in [2.75, 3.05) is 25.1 Å². The first kappa shape index (κ1) is 21.1. The zero-order chi connectivity index (χ0) is 22.6. The van der Waals surface area contributed by atoms with Crippen LogP contribution >= 0.6 is 0 Å². The maximum absolute atomic E-state index is 9.94. The first-order valence-corrected chi connectivity index (χ1v) is 11.2. The van der Waals surface area contributed by atoms with Crippen LogP contribution in [0.1, 0.15) is 12.8 Å². The number of benzene rings is 2. The molecule has 6 nitrogen and oxygen atoms in total. The summed E-state index contributed by atoms with van der Waals surface area (Å²) in [6.07, 6.45) is 4.95. The number of anilines is 1. The van der Waals surface area contributed by atoms with Crippen molar-refractivity contribution in [1.29, 1.82) is 0 Å². The number of ether oxygens (including phenoxy) is 1. The fraction of sp³-hybridized carbons (Fsp3) is 0.222. The van der Waals surface area contributed by atoms with Gasteiger partial charge in [0.25, 0.3) is 0 Å². The number of nitrogens with zero attached hydrogens (tertiary/aromatic N) is 4. The minimum absolute atomic E-state index is 0.235. The highest BCUT2D eigenvalue weighted by molar-refractivity contribution is 5.73. The van der Waals surface area contributed by atoms with Crippen LogP contribution in [0, 0.1) is 0 Å². The highest BCUT2D eigenvalue weighted by Crippen LogP contribution is 2.30. The van der Waals surface area contributed by atoms with Gasteiger partial charge in [0.05, 0.1) is 18.9 Å². The Hall–Kier alpha value is -3.77. The Bertz CT molecular complexity index is 1220. The van der Waals surface area contributed by atoms with E-state index in [9.17, 15) is 5.11 Å². The number of aliphatic hydroxyl groups is 1. The van der Waals surface area contributed by atoms with Crippen LogP contribution in [0.25, 0.3) is 33.8 Å². The zero-order valence-corrected chi connectivity index (χ0v) is 18.6. The standard InChI is InChI=1S/C27H26N4O2/c1-33-24-9-7-19(8-10-24)21-15-22(18-28-17-21)25-16-26(31-13-11-23(32)12-14-31)30-27(29-25)20-5-3-2-4-6-20/h2-10,15-18,23,32H,11-14H2,1H3. The molecule has 0 aliphatic carbocycles. The predicted octanol–water partition coefficient (Wildman–Crippen LogP) is 4.84. The van der Waals surface area contributed by atoms with E-state index in [4.69, 9.17) is 14.7 Å². The summed E-state index contributed by atoms with van der Waals surface area (Å²) in [4.78, 5) is 16.5. The average Bonchev–Trinajstić information content (AvgIpc) is 2.89. The molecule has 0 bridgehead atoms. The van der Waals surface area contributed by atoms with Crippen LogP contribution in [0.5, 0.6) is 5.75 Å². The summed E-state index contributed by atoms with van der Waals surface area (Å²) in [5.41, 5.74) is 4.80. The maximum Gasteiger partial charge on any atom is 0.162 e. The lowest BCUT2D eigenvalue weighted by Gasteiger charge is -2.30. The van der Waals surface area contributed by atoms with Crippen LogP contribution in [0.3, 0.4) is 0 Å². The average molecular weight is 439 g/mol. The first-order valence-electron chi connectivity index (χ1n) is 11.2. The molecule has 1 N–H and O–H groups in total. The van der Waals surface area contributed by atoms with Gasteiger partial charge in [0, 0.05) is 48.2 Å². The van der Waals surface area contributed by atoms with Crippen LogP contribution < -0.4 is 9.64 Å². The van der Waals surface area contributed by atoms with Crippen LogP contribution in [-0.2, 0) is 0 Å². The molecule has 166 valence electrons. The van der Waals surface area contributed by atoms with Gasteiger partial charge < -0.3 is 14.7 Å². The molecule has 0 saturated carbocycles. The summed E-state index contributed by atoms with van der Waals surface area (Å²) in [5.74, 6) is 2.38. The molecule has 0 unspecified atom stereocenters. The number of piperidine rings is 1. The molecule has 1 fully saturated rings. The summed E-state index contributed by atoms with van der Waals surface area (Å²) < 4.78 is 5.28. The number of aliphatic hydroxyl groups excluding tert-OH is 1. The summed E-state index contributed by atoms with van der Waals surface area (Å²) in [6.45, 7) is 1.55. The summed E-state index contributed by atoms with van der Waals surface area (Å²) in [5, 5.41) is 9.94. The molecule has 5 rings (SSSR count). The molecule has 33 heavy (non-hydrogen) atoms. The van der Waals surface area contributed by atoms with Crippen molar-refractivity contribution >= 4 is 5.82 Å². The Labute approximate surface area is 193 Å². The third-order valence-corrected chi connectivity index (χ3v) is 5.99. The number of hydrogen-bond acceptors (Lipinski definition) is 6. The van der Waals surface area contributed by atoms with Gasteiger partial charge in [-0.15, -0.1) is 0 Å². The fourth-order valence-electron chi connectivity index (χ4n) is 4.08. The van der Waals surface area contributed by atoms with Gasteiger partial charge in [0.15, 0.2) is 5.82 Å². The second-order valence-electron chi connectivity index (χ2n) is 8.21. The van der Waals surface area contributed by atoms with E-state index in [0.717, 1.165) is 65.4 Å². The van der Waals surface area contributed by atoms with E-state index >= 15 is 0 Å². The number of methoxy groups -OCH3 is 1. The maximum atomic E-state index is 9.94. The first-order chi connectivity index (χ1) is 16.2. The van der Waals surface area contributed by atoms with Crippen LogP contribution in [-0.4, -0.2) is 46.4 Å². The Morgan fingerprint density at radius 3 is 2.27 bits per heavy atom. The number of pyridine rings is 1. The molecule has 4 aromatic rings. The van der Waals surface area contributed by atoms with Gasteiger partial charge in [-0.2, -0.15) is 0 Å². The molecule has 3 heterocycles. The Balaban J connectivity index is 1.56. The van der Waals surface area contributed by atoms with E-state index in [1.807, 2.05) is 73.1 Å². The molecule has 2 aromatic carbocycles. The third kappa shape index (κ3) is 4.71. The Morgan fingerprint density at radius 2 is 1.55 bits per heavy atom. The normalized spacial score (nSPS) is 14.3. The quantitative estimate of drug-likeness (QED) is 0.481. The van der Waals surface area contributed by atoms with Crippen LogP contribution in [0.15, 0.2) is 79.1 Å². The predicted molar refractivity (Wildman–Crippen MR) is 130 cm³/mol. The van der Waals surface area contributed by atoms with Gasteiger partial charge in [0.1, 0.15) is 11.6 Å². The van der Waals surface area contributed by atoms with Gasteiger partial charge >= 0.3 is 0 Å². The van der Waals surface area contributed by atoms with E-state index in [-0.39, 0.29) is 6.10 Å². The number of aromatic nitrogens is 3. The Kier molecular flexibility index (Phi) is 6.00. The summed E-state index contributed by atoms with van der Waals surface area (Å²) in [6, 6.07) is 22.1. The van der Waals surface area contributed by atoms with Crippen molar-refractivity contribution in [1.82, 2.24) is 15.0 Å². The highest BCUT2D eigenvalue weighted by Gasteiger charge is 2.20. The monoisotopic (exact) mass is 438 g/mol. The smallest absolute Gasteiger partial charge is 0.162 e. The minimum atomic E-state index is -0.235. The lowest BCUT2D eigenvalue weighted by Crippen LogP contribution is -2.36. The van der Waals surface area contributed by atoms with E-state index in [0.29, 0.717) is 5.82 Å². The van der Waals surface area contributed by atoms with E-state index in [1.165, 1.54) is 0 Å². The van der Waals surface area contributed by atoms with Gasteiger partial charge in [-0.05, 0) is 36.6 Å². The zero-order valence-electron chi connectivity index (χ0n) is 18.6. The van der Waals surface area contributed by atoms with E-state index in [2.05, 4.69) is 16.0 Å². The highest BCUT2D eigenvalue weighted by atomic mass is 16.5. The molecule has 1 aliphatic heterocycles. The second-order valence-corrected chi connectivity index (χ2v) is 8.21. The molecule has 1 aliphatic rings. The molecular formula is C27H26N4O2. The SMILES string of the molecule is COc1ccc(-c2cncc(-c3cc(N4CCC(O)CC4)nc(-c4ccccc4)n3)c2)cc1. The van der Waals surface area contributed by atoms with Crippen LogP contribution in [0.4, 0.5) is 5.82 Å². The molecule has 0 amide bonds. The minimum Gasteiger partial charge on any atom is -0.497 e. The summed E-state index contributed by atoms with van der Waals surface area (Å²) in [7, 11) is 1.66. The molecule has 0 atom stereocenters. The molecule has 6 heteroatoms. The summed E-state index contributed by atoms with van der Waals surface area (Å²) >= 11 is 0. The molecule has 0 spiro atoms. The number of rotatable bonds is 5. The second kappa shape index (κ2) is 9.38. The molecular weight excluding hydrogens is 412 g/mol. The van der Waals surface area contributed by atoms with Gasteiger partial charge in [-0.3, -0.25) is 4.98 Å². The van der Waals surface area contributed by atoms with Crippen LogP contribution in [0.2, 0.25) is 0 Å².